The standard InChI is InChI=1S/C4H7NO3S/c1-2(5-9)3(6)4(7)8/h2,5,9H,1H3,(H,7,8). The molecule has 0 radical (unpaired) electrons. The molecule has 9 heavy (non-hydrogen) atoms. The molecule has 1 atom stereocenters. The number of ketones is 1. The highest BCUT2D eigenvalue weighted by Gasteiger charge is 2.17. The molecule has 0 rings (SSSR count). The highest BCUT2D eigenvalue weighted by molar-refractivity contribution is 7.78. The number of aliphatic carboxylic acids is 1. The Bertz CT molecular complexity index is 136. The zero-order valence-electron chi connectivity index (χ0n) is 4.79. The molecule has 0 aliphatic heterocycles. The molecule has 0 spiro atoms. The monoisotopic (exact) mass is 149 g/mol. The van der Waals surface area contributed by atoms with Crippen LogP contribution in [0.3, 0.4) is 0 Å². The summed E-state index contributed by atoms with van der Waals surface area (Å²) in [4.78, 5) is 20.2. The summed E-state index contributed by atoms with van der Waals surface area (Å²) < 4.78 is 2.21. The number of thiol groups is 1. The van der Waals surface area contributed by atoms with Crippen LogP contribution >= 0.6 is 12.8 Å². The molecule has 1 unspecified atom stereocenters. The van der Waals surface area contributed by atoms with Gasteiger partial charge in [-0.2, -0.15) is 0 Å². The van der Waals surface area contributed by atoms with E-state index in [1.807, 2.05) is 0 Å². The third kappa shape index (κ3) is 2.48. The van der Waals surface area contributed by atoms with Crippen molar-refractivity contribution in [2.24, 2.45) is 0 Å². The Hall–Kier alpha value is -0.550. The Morgan fingerprint density at radius 3 is 2.22 bits per heavy atom. The lowest BCUT2D eigenvalue weighted by Crippen LogP contribution is -2.33. The molecular formula is C4H7NO3S. The van der Waals surface area contributed by atoms with E-state index in [1.165, 1.54) is 6.92 Å². The van der Waals surface area contributed by atoms with E-state index in [9.17, 15) is 9.59 Å². The zero-order chi connectivity index (χ0) is 7.44. The Labute approximate surface area is 57.8 Å². The first-order valence-corrected chi connectivity index (χ1v) is 2.71. The molecule has 0 fully saturated rings. The van der Waals surface area contributed by atoms with Crippen molar-refractivity contribution in [3.8, 4) is 0 Å². The van der Waals surface area contributed by atoms with Crippen LogP contribution < -0.4 is 4.72 Å². The van der Waals surface area contributed by atoms with Gasteiger partial charge >= 0.3 is 5.97 Å². The molecule has 0 aromatic heterocycles. The van der Waals surface area contributed by atoms with Crippen molar-refractivity contribution >= 4 is 24.6 Å². The maximum Gasteiger partial charge on any atom is 0.373 e. The van der Waals surface area contributed by atoms with E-state index in [4.69, 9.17) is 5.11 Å². The van der Waals surface area contributed by atoms with Crippen LogP contribution in [0, 0.1) is 0 Å². The van der Waals surface area contributed by atoms with Gasteiger partial charge in [0.1, 0.15) is 0 Å². The number of carbonyl (C=O) groups is 2. The van der Waals surface area contributed by atoms with Crippen molar-refractivity contribution in [1.82, 2.24) is 4.72 Å². The van der Waals surface area contributed by atoms with Crippen LogP contribution in [0.1, 0.15) is 6.92 Å². The second-order valence-electron chi connectivity index (χ2n) is 1.52. The summed E-state index contributed by atoms with van der Waals surface area (Å²) in [6.07, 6.45) is 0. The Kier molecular flexibility index (Phi) is 3.26. The number of carboxylic acids is 1. The highest BCUT2D eigenvalue weighted by atomic mass is 32.1. The lowest BCUT2D eigenvalue weighted by molar-refractivity contribution is -0.149. The van der Waals surface area contributed by atoms with Crippen LogP contribution in [0.5, 0.6) is 0 Å². The van der Waals surface area contributed by atoms with Gasteiger partial charge in [0.25, 0.3) is 5.78 Å². The van der Waals surface area contributed by atoms with Crippen LogP contribution in [0.2, 0.25) is 0 Å². The second-order valence-corrected chi connectivity index (χ2v) is 1.78. The number of Topliss-reactive ketones (excluding diaryl/α,β-unsaturated/α-hetero) is 1. The summed E-state index contributed by atoms with van der Waals surface area (Å²) in [6, 6.07) is -0.731. The fourth-order valence-electron chi connectivity index (χ4n) is 0.244. The lowest BCUT2D eigenvalue weighted by Gasteiger charge is -2.01. The molecule has 0 heterocycles. The SMILES string of the molecule is CC(NS)C(=O)C(=O)O. The summed E-state index contributed by atoms with van der Waals surface area (Å²) in [6.45, 7) is 1.42. The average molecular weight is 149 g/mol. The van der Waals surface area contributed by atoms with Crippen LogP contribution in [0.15, 0.2) is 0 Å². The van der Waals surface area contributed by atoms with Gasteiger partial charge in [-0.25, -0.2) is 4.79 Å². The molecule has 0 aromatic rings. The molecule has 5 heteroatoms. The number of carbonyl (C=O) groups excluding carboxylic acids is 1. The largest absolute Gasteiger partial charge is 0.475 e. The maximum atomic E-state index is 10.4. The van der Waals surface area contributed by atoms with Crippen molar-refractivity contribution in [2.45, 2.75) is 13.0 Å². The van der Waals surface area contributed by atoms with Crippen LogP contribution in [-0.2, 0) is 9.59 Å². The third-order valence-electron chi connectivity index (χ3n) is 0.798. The Balaban J connectivity index is 3.88. The van der Waals surface area contributed by atoms with E-state index < -0.39 is 17.8 Å². The van der Waals surface area contributed by atoms with E-state index in [1.54, 1.807) is 0 Å². The van der Waals surface area contributed by atoms with Crippen LogP contribution in [-0.4, -0.2) is 22.9 Å². The molecular weight excluding hydrogens is 142 g/mol. The predicted molar refractivity (Wildman–Crippen MR) is 34.2 cm³/mol. The van der Waals surface area contributed by atoms with Gasteiger partial charge in [0.2, 0.25) is 0 Å². The van der Waals surface area contributed by atoms with Gasteiger partial charge < -0.3 is 5.11 Å². The van der Waals surface area contributed by atoms with Crippen molar-refractivity contribution in [2.75, 3.05) is 0 Å². The molecule has 0 aromatic carbocycles. The molecule has 0 aliphatic rings. The van der Waals surface area contributed by atoms with Crippen molar-refractivity contribution < 1.29 is 14.7 Å². The van der Waals surface area contributed by atoms with E-state index in [2.05, 4.69) is 17.5 Å². The maximum absolute atomic E-state index is 10.4. The molecule has 0 saturated heterocycles. The number of carboxylic acid groups (broad SMARTS) is 1. The van der Waals surface area contributed by atoms with Crippen LogP contribution in [0.4, 0.5) is 0 Å². The topological polar surface area (TPSA) is 66.4 Å². The number of nitrogens with one attached hydrogen (secondary N) is 1. The summed E-state index contributed by atoms with van der Waals surface area (Å²) in [7, 11) is 0. The van der Waals surface area contributed by atoms with E-state index >= 15 is 0 Å². The number of hydrogen-bond acceptors (Lipinski definition) is 4. The Morgan fingerprint density at radius 2 is 2.11 bits per heavy atom. The van der Waals surface area contributed by atoms with E-state index in [0.717, 1.165) is 0 Å². The van der Waals surface area contributed by atoms with Gasteiger partial charge in [0, 0.05) is 0 Å². The molecule has 0 aliphatic carbocycles. The summed E-state index contributed by atoms with van der Waals surface area (Å²) >= 11 is 3.52. The van der Waals surface area contributed by atoms with Crippen molar-refractivity contribution in [1.29, 1.82) is 0 Å². The normalized spacial score (nSPS) is 12.7. The van der Waals surface area contributed by atoms with Crippen LogP contribution in [0.25, 0.3) is 0 Å². The number of rotatable bonds is 3. The quantitative estimate of drug-likeness (QED) is 0.372. The first-order valence-electron chi connectivity index (χ1n) is 2.26. The van der Waals surface area contributed by atoms with Gasteiger partial charge in [-0.05, 0) is 6.92 Å². The molecule has 0 saturated carbocycles. The van der Waals surface area contributed by atoms with Crippen molar-refractivity contribution in [3.05, 3.63) is 0 Å². The fourth-order valence-corrected chi connectivity index (χ4v) is 0.361. The Morgan fingerprint density at radius 1 is 1.67 bits per heavy atom. The summed E-state index contributed by atoms with van der Waals surface area (Å²) in [5, 5.41) is 8.06. The van der Waals surface area contributed by atoms with Gasteiger partial charge in [0.15, 0.2) is 0 Å². The summed E-state index contributed by atoms with van der Waals surface area (Å²) in [5.41, 5.74) is 0. The van der Waals surface area contributed by atoms with E-state index in [0.29, 0.717) is 0 Å². The van der Waals surface area contributed by atoms with E-state index in [-0.39, 0.29) is 0 Å². The minimum Gasteiger partial charge on any atom is -0.475 e. The van der Waals surface area contributed by atoms with Gasteiger partial charge in [0.05, 0.1) is 6.04 Å². The molecule has 4 nitrogen and oxygen atoms in total. The number of hydrogen-bond donors (Lipinski definition) is 3. The third-order valence-corrected chi connectivity index (χ3v) is 1.19. The lowest BCUT2D eigenvalue weighted by atomic mass is 10.2. The average Bonchev–Trinajstić information content (AvgIpc) is 1.84. The first-order chi connectivity index (χ1) is 4.09. The zero-order valence-corrected chi connectivity index (χ0v) is 5.68. The fraction of sp³-hybridized carbons (Fsp3) is 0.500. The minimum absolute atomic E-state index is 0.731. The minimum atomic E-state index is -1.44. The molecule has 2 N–H and O–H groups in total. The van der Waals surface area contributed by atoms with Gasteiger partial charge in [-0.15, -0.1) is 0 Å². The second kappa shape index (κ2) is 3.47. The molecule has 0 bridgehead atoms. The predicted octanol–water partition coefficient (Wildman–Crippen LogP) is -0.537. The van der Waals surface area contributed by atoms with Gasteiger partial charge in [-0.1, -0.05) is 12.8 Å². The molecule has 52 valence electrons. The highest BCUT2D eigenvalue weighted by Crippen LogP contribution is 1.84. The molecule has 0 amide bonds. The first kappa shape index (κ1) is 8.45. The smallest absolute Gasteiger partial charge is 0.373 e. The summed E-state index contributed by atoms with van der Waals surface area (Å²) in [5.74, 6) is -2.32. The van der Waals surface area contributed by atoms with Crippen molar-refractivity contribution in [3.63, 3.8) is 0 Å². The van der Waals surface area contributed by atoms with Gasteiger partial charge in [-0.3, -0.25) is 9.52 Å².